The lowest BCUT2D eigenvalue weighted by atomic mass is 9.44. The minimum absolute atomic E-state index is 0.110. The van der Waals surface area contributed by atoms with Gasteiger partial charge in [0.25, 0.3) is 5.09 Å². The smallest absolute Gasteiger partial charge is 0.306 e. The topological polar surface area (TPSA) is 152 Å². The molecule has 5 aliphatic rings. The summed E-state index contributed by atoms with van der Waals surface area (Å²) in [5, 5.41) is 21.7. The molecule has 12 heteroatoms. The number of halogens is 1. The van der Waals surface area contributed by atoms with Crippen molar-refractivity contribution in [3.63, 3.8) is 0 Å². The van der Waals surface area contributed by atoms with Crippen LogP contribution in [0.15, 0.2) is 47.4 Å². The molecule has 1 N–H and O–H groups in total. The van der Waals surface area contributed by atoms with E-state index in [0.717, 1.165) is 6.42 Å². The van der Waals surface area contributed by atoms with Gasteiger partial charge in [-0.15, -0.1) is 10.1 Å². The van der Waals surface area contributed by atoms with Crippen LogP contribution in [-0.4, -0.2) is 51.7 Å². The van der Waals surface area contributed by atoms with Gasteiger partial charge in [-0.2, -0.15) is 0 Å². The van der Waals surface area contributed by atoms with Gasteiger partial charge in [-0.25, -0.2) is 4.39 Å². The van der Waals surface area contributed by atoms with Crippen LogP contribution in [0.1, 0.15) is 83.8 Å². The monoisotopic (exact) mass is 655 g/mol. The van der Waals surface area contributed by atoms with Crippen LogP contribution in [0.5, 0.6) is 0 Å². The van der Waals surface area contributed by atoms with Gasteiger partial charge in [0.2, 0.25) is 17.3 Å². The summed E-state index contributed by atoms with van der Waals surface area (Å²) in [4.78, 5) is 56.5. The van der Waals surface area contributed by atoms with Crippen molar-refractivity contribution in [1.82, 2.24) is 0 Å². The predicted molar refractivity (Wildman–Crippen MR) is 163 cm³/mol. The van der Waals surface area contributed by atoms with Crippen molar-refractivity contribution in [2.45, 2.75) is 103 Å². The van der Waals surface area contributed by atoms with Crippen molar-refractivity contribution >= 4 is 17.5 Å². The van der Waals surface area contributed by atoms with Crippen LogP contribution in [0.25, 0.3) is 0 Å². The number of ether oxygens (including phenoxy) is 3. The molecule has 2 unspecified atom stereocenters. The third-order valence-corrected chi connectivity index (χ3v) is 11.9. The molecule has 11 nitrogen and oxygen atoms in total. The molecule has 6 bridgehead atoms. The Labute approximate surface area is 272 Å². The Morgan fingerprint density at radius 3 is 2.62 bits per heavy atom. The van der Waals surface area contributed by atoms with Crippen LogP contribution in [-0.2, 0) is 46.6 Å². The molecular weight excluding hydrogens is 613 g/mol. The quantitative estimate of drug-likeness (QED) is 0.201. The zero-order chi connectivity index (χ0) is 33.9. The first kappa shape index (κ1) is 33.1. The summed E-state index contributed by atoms with van der Waals surface area (Å²) in [7, 11) is 0. The summed E-state index contributed by atoms with van der Waals surface area (Å²) >= 11 is 0. The minimum Gasteiger partial charge on any atom is -0.485 e. The second-order valence-electron chi connectivity index (χ2n) is 14.2. The van der Waals surface area contributed by atoms with E-state index in [4.69, 9.17) is 14.2 Å². The number of carbonyl (C=O) groups is 3. The molecule has 1 saturated heterocycles. The van der Waals surface area contributed by atoms with Gasteiger partial charge < -0.3 is 24.2 Å². The maximum atomic E-state index is 18.3. The van der Waals surface area contributed by atoms with Gasteiger partial charge in [0, 0.05) is 23.7 Å². The van der Waals surface area contributed by atoms with Gasteiger partial charge in [-0.1, -0.05) is 51.5 Å². The van der Waals surface area contributed by atoms with Gasteiger partial charge in [0.15, 0.2) is 23.6 Å². The van der Waals surface area contributed by atoms with Crippen molar-refractivity contribution < 1.29 is 48.0 Å². The molecule has 1 aromatic carbocycles. The Morgan fingerprint density at radius 1 is 1.19 bits per heavy atom. The fraction of sp³-hybridized carbons (Fsp3) is 0.629. The number of aliphatic hydroxyl groups excluding tert-OH is 1. The van der Waals surface area contributed by atoms with Crippen molar-refractivity contribution in [2.24, 2.45) is 28.6 Å². The highest BCUT2D eigenvalue weighted by Gasteiger charge is 2.79. The van der Waals surface area contributed by atoms with Gasteiger partial charge in [0.1, 0.15) is 13.2 Å². The average molecular weight is 656 g/mol. The number of unbranched alkanes of at least 4 members (excludes halogenated alkanes) is 1. The van der Waals surface area contributed by atoms with Crippen LogP contribution >= 0.6 is 0 Å². The SMILES string of the molecule is CCCCC(=O)O[C@]12C(=O)COC3=C(OCc4cccc(CO[N+](=O)[O-])c4)C(=O)C=C4CC[C@H]5C(C[C@@H]1C)[C@]2(C)C[C@H](O)C5(F)[C@]43C. The molecule has 1 aromatic rings. The molecule has 8 atom stereocenters. The van der Waals surface area contributed by atoms with Crippen molar-refractivity contribution in [2.75, 3.05) is 6.61 Å². The number of alkyl halides is 1. The number of hydrogen-bond acceptors (Lipinski definition) is 10. The largest absolute Gasteiger partial charge is 0.485 e. The Morgan fingerprint density at radius 2 is 1.91 bits per heavy atom. The number of esters is 1. The van der Waals surface area contributed by atoms with Crippen molar-refractivity contribution in [3.05, 3.63) is 68.7 Å². The second kappa shape index (κ2) is 11.7. The van der Waals surface area contributed by atoms with Gasteiger partial charge in [-0.05, 0) is 67.7 Å². The van der Waals surface area contributed by atoms with E-state index < -0.39 is 75.2 Å². The molecule has 0 spiro atoms. The number of carbonyl (C=O) groups excluding carboxylic acids is 3. The van der Waals surface area contributed by atoms with E-state index in [1.807, 2.05) is 20.8 Å². The lowest BCUT2D eigenvalue weighted by molar-refractivity contribution is -0.763. The maximum absolute atomic E-state index is 18.3. The first-order chi connectivity index (χ1) is 22.2. The Hall–Kier alpha value is -3.80. The van der Waals surface area contributed by atoms with Crippen LogP contribution in [0, 0.1) is 38.7 Å². The van der Waals surface area contributed by atoms with E-state index in [9.17, 15) is 29.6 Å². The van der Waals surface area contributed by atoms with Gasteiger partial charge >= 0.3 is 5.97 Å². The summed E-state index contributed by atoms with van der Waals surface area (Å²) in [5.41, 5.74) is -5.07. The van der Waals surface area contributed by atoms with E-state index in [1.165, 1.54) is 6.08 Å². The first-order valence-corrected chi connectivity index (χ1v) is 16.5. The number of Topliss-reactive ketones (excluding diaryl/α,β-unsaturated/α-hetero) is 1. The average Bonchev–Trinajstić information content (AvgIpc) is 3.23. The highest BCUT2D eigenvalue weighted by atomic mass is 19.1. The second-order valence-corrected chi connectivity index (χ2v) is 14.2. The van der Waals surface area contributed by atoms with E-state index in [1.54, 1.807) is 31.2 Å². The number of nitrogens with zero attached hydrogens (tertiary/aromatic N) is 1. The highest BCUT2D eigenvalue weighted by molar-refractivity contribution is 6.05. The van der Waals surface area contributed by atoms with Crippen LogP contribution in [0.2, 0.25) is 0 Å². The Bertz CT molecular complexity index is 1570. The number of benzene rings is 1. The maximum Gasteiger partial charge on any atom is 0.306 e. The molecule has 254 valence electrons. The number of hydrogen-bond donors (Lipinski definition) is 1. The molecule has 0 aromatic heterocycles. The summed E-state index contributed by atoms with van der Waals surface area (Å²) in [6, 6.07) is 6.62. The fourth-order valence-electron chi connectivity index (χ4n) is 9.77. The molecular formula is C35H42FNO10. The van der Waals surface area contributed by atoms with E-state index in [-0.39, 0.29) is 37.6 Å². The molecule has 1 aliphatic heterocycles. The summed E-state index contributed by atoms with van der Waals surface area (Å²) in [6.07, 6.45) is 2.30. The number of allylic oxidation sites excluding steroid dienone is 2. The Kier molecular flexibility index (Phi) is 8.25. The lowest BCUT2D eigenvalue weighted by Gasteiger charge is -2.64. The fourth-order valence-corrected chi connectivity index (χ4v) is 9.77. The third kappa shape index (κ3) is 4.72. The van der Waals surface area contributed by atoms with Gasteiger partial charge in [-0.3, -0.25) is 14.4 Å². The number of aliphatic hydroxyl groups is 1. The molecule has 0 radical (unpaired) electrons. The zero-order valence-electron chi connectivity index (χ0n) is 27.2. The Balaban J connectivity index is 1.45. The van der Waals surface area contributed by atoms with Crippen LogP contribution in [0.4, 0.5) is 4.39 Å². The molecule has 47 heavy (non-hydrogen) atoms. The molecule has 4 fully saturated rings. The summed E-state index contributed by atoms with van der Waals surface area (Å²) in [6.45, 7) is 6.24. The van der Waals surface area contributed by atoms with Crippen molar-refractivity contribution in [1.29, 1.82) is 0 Å². The van der Waals surface area contributed by atoms with E-state index in [0.29, 0.717) is 42.4 Å². The standard InChI is InChI=1S/C35H42FNO10/c1-5-6-10-29(41)47-35-20(2)13-25-24-12-11-23-15-26(38)30(44-17-21-8-7-9-22(14-21)18-46-37(42)43)31(45-19-28(35)40)33(23,4)34(24,36)27(39)16-32(25,35)3/h7-9,14-15,20,24-25,27,39H,5-6,10-13,16-19H2,1-4H3/t20-,24-,25?,27-,32-,33+,34?,35-/m0/s1. The van der Waals surface area contributed by atoms with E-state index >= 15 is 4.39 Å². The zero-order valence-corrected chi connectivity index (χ0v) is 27.2. The molecule has 4 aliphatic carbocycles. The first-order valence-electron chi connectivity index (χ1n) is 16.5. The van der Waals surface area contributed by atoms with E-state index in [2.05, 4.69) is 4.84 Å². The normalized spacial score (nSPS) is 37.2. The minimum atomic E-state index is -2.28. The van der Waals surface area contributed by atoms with Gasteiger partial charge in [0.05, 0.1) is 11.5 Å². The summed E-state index contributed by atoms with van der Waals surface area (Å²) in [5.74, 6) is -3.57. The van der Waals surface area contributed by atoms with Crippen LogP contribution in [0.3, 0.4) is 0 Å². The van der Waals surface area contributed by atoms with Crippen LogP contribution < -0.4 is 0 Å². The number of rotatable bonds is 10. The summed E-state index contributed by atoms with van der Waals surface area (Å²) < 4.78 is 36.9. The third-order valence-electron chi connectivity index (χ3n) is 11.9. The molecule has 6 rings (SSSR count). The number of ketones is 2. The highest BCUT2D eigenvalue weighted by Crippen LogP contribution is 2.73. The predicted octanol–water partition coefficient (Wildman–Crippen LogP) is 5.26. The van der Waals surface area contributed by atoms with Crippen molar-refractivity contribution in [3.8, 4) is 0 Å². The lowest BCUT2D eigenvalue weighted by Crippen LogP contribution is -2.71. The molecule has 0 amide bonds. The molecule has 3 saturated carbocycles. The molecule has 1 heterocycles.